The van der Waals surface area contributed by atoms with E-state index < -0.39 is 5.60 Å². The summed E-state index contributed by atoms with van der Waals surface area (Å²) in [5, 5.41) is 2.87. The third kappa shape index (κ3) is 4.10. The normalized spacial score (nSPS) is 31.3. The maximum absolute atomic E-state index is 11.6. The minimum atomic E-state index is -0.406. The first-order chi connectivity index (χ1) is 8.85. The Labute approximate surface area is 116 Å². The zero-order valence-corrected chi connectivity index (χ0v) is 12.7. The van der Waals surface area contributed by atoms with E-state index in [1.807, 2.05) is 20.8 Å². The minimum Gasteiger partial charge on any atom is -0.444 e. The molecule has 0 aromatic rings. The maximum Gasteiger partial charge on any atom is 0.407 e. The van der Waals surface area contributed by atoms with Crippen LogP contribution < -0.4 is 5.32 Å². The molecule has 0 radical (unpaired) electrons. The number of hydrogen-bond acceptors (Lipinski definition) is 3. The van der Waals surface area contributed by atoms with Gasteiger partial charge in [-0.25, -0.2) is 4.79 Å². The van der Waals surface area contributed by atoms with E-state index in [9.17, 15) is 4.79 Å². The van der Waals surface area contributed by atoms with Crippen LogP contribution in [0.15, 0.2) is 0 Å². The summed E-state index contributed by atoms with van der Waals surface area (Å²) < 4.78 is 5.24. The van der Waals surface area contributed by atoms with Crippen LogP contribution in [0.25, 0.3) is 0 Å². The molecule has 0 saturated carbocycles. The lowest BCUT2D eigenvalue weighted by molar-refractivity contribution is 0.0520. The van der Waals surface area contributed by atoms with Crippen molar-refractivity contribution in [2.24, 2.45) is 5.92 Å². The van der Waals surface area contributed by atoms with Gasteiger partial charge >= 0.3 is 6.09 Å². The lowest BCUT2D eigenvalue weighted by Crippen LogP contribution is -2.41. The fraction of sp³-hybridized carbons (Fsp3) is 0.933. The first-order valence-electron chi connectivity index (χ1n) is 7.54. The molecule has 2 saturated heterocycles. The van der Waals surface area contributed by atoms with E-state index in [4.69, 9.17) is 4.74 Å². The molecule has 1 amide bonds. The van der Waals surface area contributed by atoms with Gasteiger partial charge in [-0.1, -0.05) is 0 Å². The Hall–Kier alpha value is -0.770. The fourth-order valence-corrected chi connectivity index (χ4v) is 3.45. The average molecular weight is 268 g/mol. The molecule has 4 heteroatoms. The number of nitrogens with zero attached hydrogens (tertiary/aromatic N) is 1. The number of ether oxygens (including phenoxy) is 1. The maximum atomic E-state index is 11.6. The van der Waals surface area contributed by atoms with Crippen LogP contribution in [-0.4, -0.2) is 42.3 Å². The monoisotopic (exact) mass is 268 g/mol. The highest BCUT2D eigenvalue weighted by Gasteiger charge is 2.37. The lowest BCUT2D eigenvalue weighted by atomic mass is 9.88. The fourth-order valence-electron chi connectivity index (χ4n) is 3.45. The Kier molecular flexibility index (Phi) is 4.39. The second-order valence-electron chi connectivity index (χ2n) is 7.11. The Balaban J connectivity index is 1.66. The number of piperidine rings is 1. The van der Waals surface area contributed by atoms with E-state index in [-0.39, 0.29) is 6.09 Å². The molecule has 2 aliphatic heterocycles. The SMILES string of the molecule is CN1C2CCC1CC(CCNC(=O)OC(C)(C)C)C2. The van der Waals surface area contributed by atoms with Crippen molar-refractivity contribution in [3.05, 3.63) is 0 Å². The zero-order valence-electron chi connectivity index (χ0n) is 12.7. The third-order valence-electron chi connectivity index (χ3n) is 4.42. The highest BCUT2D eigenvalue weighted by atomic mass is 16.6. The molecule has 1 N–H and O–H groups in total. The number of fused-ring (bicyclic) bond motifs is 2. The molecule has 0 aromatic heterocycles. The first kappa shape index (κ1) is 14.6. The molecule has 2 heterocycles. The molecule has 0 aromatic carbocycles. The molecule has 2 bridgehead atoms. The molecule has 2 atom stereocenters. The number of carbonyl (C=O) groups excluding carboxylic acids is 1. The van der Waals surface area contributed by atoms with Crippen molar-refractivity contribution in [1.82, 2.24) is 10.2 Å². The number of hydrogen-bond donors (Lipinski definition) is 1. The van der Waals surface area contributed by atoms with Crippen molar-refractivity contribution in [2.45, 2.75) is 70.6 Å². The molecule has 4 nitrogen and oxygen atoms in total. The Morgan fingerprint density at radius 1 is 1.26 bits per heavy atom. The van der Waals surface area contributed by atoms with Gasteiger partial charge in [-0.15, -0.1) is 0 Å². The molecular weight excluding hydrogens is 240 g/mol. The van der Waals surface area contributed by atoms with Crippen LogP contribution in [0, 0.1) is 5.92 Å². The second-order valence-corrected chi connectivity index (χ2v) is 7.11. The van der Waals surface area contributed by atoms with Gasteiger partial charge < -0.3 is 15.0 Å². The van der Waals surface area contributed by atoms with Crippen molar-refractivity contribution in [3.63, 3.8) is 0 Å². The minimum absolute atomic E-state index is 0.289. The number of carbonyl (C=O) groups is 1. The molecule has 2 rings (SSSR count). The first-order valence-corrected chi connectivity index (χ1v) is 7.54. The van der Waals surface area contributed by atoms with Gasteiger partial charge in [0.15, 0.2) is 0 Å². The van der Waals surface area contributed by atoms with Crippen molar-refractivity contribution in [2.75, 3.05) is 13.6 Å². The van der Waals surface area contributed by atoms with E-state index >= 15 is 0 Å². The summed E-state index contributed by atoms with van der Waals surface area (Å²) in [5.74, 6) is 0.767. The van der Waals surface area contributed by atoms with Crippen LogP contribution in [0.2, 0.25) is 0 Å². The topological polar surface area (TPSA) is 41.6 Å². The zero-order chi connectivity index (χ0) is 14.0. The van der Waals surface area contributed by atoms with E-state index in [1.165, 1.54) is 25.7 Å². The summed E-state index contributed by atoms with van der Waals surface area (Å²) in [6.07, 6.45) is 6.10. The Bertz CT molecular complexity index is 311. The molecule has 2 unspecified atom stereocenters. The van der Waals surface area contributed by atoms with Crippen molar-refractivity contribution >= 4 is 6.09 Å². The number of amides is 1. The van der Waals surface area contributed by atoms with Crippen molar-refractivity contribution in [1.29, 1.82) is 0 Å². The van der Waals surface area contributed by atoms with Gasteiger partial charge in [0.05, 0.1) is 0 Å². The van der Waals surface area contributed by atoms with Crippen molar-refractivity contribution in [3.8, 4) is 0 Å². The molecule has 2 aliphatic rings. The quantitative estimate of drug-likeness (QED) is 0.855. The highest BCUT2D eigenvalue weighted by Crippen LogP contribution is 2.38. The van der Waals surface area contributed by atoms with Gasteiger partial charge in [0.1, 0.15) is 5.60 Å². The standard InChI is InChI=1S/C15H28N2O2/c1-15(2,3)19-14(18)16-8-7-11-9-12-5-6-13(10-11)17(12)4/h11-13H,5-10H2,1-4H3,(H,16,18). The molecule has 2 fully saturated rings. The van der Waals surface area contributed by atoms with Gasteiger partial charge in [0.25, 0.3) is 0 Å². The van der Waals surface area contributed by atoms with Crippen LogP contribution in [0.5, 0.6) is 0 Å². The average Bonchev–Trinajstić information content (AvgIpc) is 2.49. The second kappa shape index (κ2) is 5.70. The predicted molar refractivity (Wildman–Crippen MR) is 76.2 cm³/mol. The summed E-state index contributed by atoms with van der Waals surface area (Å²) in [7, 11) is 2.26. The van der Waals surface area contributed by atoms with E-state index in [2.05, 4.69) is 17.3 Å². The van der Waals surface area contributed by atoms with Gasteiger partial charge in [-0.05, 0) is 65.8 Å². The van der Waals surface area contributed by atoms with Gasteiger partial charge in [-0.2, -0.15) is 0 Å². The molecule has 0 spiro atoms. The predicted octanol–water partition coefficient (Wildman–Crippen LogP) is 2.77. The van der Waals surface area contributed by atoms with Gasteiger partial charge in [0, 0.05) is 18.6 Å². The molecule has 0 aliphatic carbocycles. The summed E-state index contributed by atoms with van der Waals surface area (Å²) in [5.41, 5.74) is -0.406. The largest absolute Gasteiger partial charge is 0.444 e. The van der Waals surface area contributed by atoms with Crippen LogP contribution in [0.4, 0.5) is 4.79 Å². The highest BCUT2D eigenvalue weighted by molar-refractivity contribution is 5.67. The van der Waals surface area contributed by atoms with Gasteiger partial charge in [0.2, 0.25) is 0 Å². The lowest BCUT2D eigenvalue weighted by Gasteiger charge is -2.36. The Morgan fingerprint density at radius 3 is 2.37 bits per heavy atom. The van der Waals surface area contributed by atoms with Crippen LogP contribution >= 0.6 is 0 Å². The van der Waals surface area contributed by atoms with Crippen LogP contribution in [0.1, 0.15) is 52.9 Å². The summed E-state index contributed by atoms with van der Waals surface area (Å²) in [6.45, 7) is 6.41. The van der Waals surface area contributed by atoms with Gasteiger partial charge in [-0.3, -0.25) is 0 Å². The van der Waals surface area contributed by atoms with E-state index in [0.717, 1.165) is 31.0 Å². The van der Waals surface area contributed by atoms with Crippen molar-refractivity contribution < 1.29 is 9.53 Å². The molecule has 110 valence electrons. The number of alkyl carbamates (subject to hydrolysis) is 1. The van der Waals surface area contributed by atoms with E-state index in [0.29, 0.717) is 0 Å². The summed E-state index contributed by atoms with van der Waals surface area (Å²) >= 11 is 0. The smallest absolute Gasteiger partial charge is 0.407 e. The molecule has 19 heavy (non-hydrogen) atoms. The number of nitrogens with one attached hydrogen (secondary N) is 1. The van der Waals surface area contributed by atoms with Crippen LogP contribution in [-0.2, 0) is 4.74 Å². The van der Waals surface area contributed by atoms with Crippen LogP contribution in [0.3, 0.4) is 0 Å². The number of rotatable bonds is 3. The molecular formula is C15H28N2O2. The Morgan fingerprint density at radius 2 is 1.84 bits per heavy atom. The van der Waals surface area contributed by atoms with E-state index in [1.54, 1.807) is 0 Å². The summed E-state index contributed by atoms with van der Waals surface area (Å²) in [6, 6.07) is 1.57. The summed E-state index contributed by atoms with van der Waals surface area (Å²) in [4.78, 5) is 14.1. The third-order valence-corrected chi connectivity index (χ3v) is 4.42.